The van der Waals surface area contributed by atoms with Gasteiger partial charge in [0.1, 0.15) is 5.54 Å². The van der Waals surface area contributed by atoms with Crippen LogP contribution in [-0.4, -0.2) is 27.7 Å². The van der Waals surface area contributed by atoms with E-state index in [4.69, 9.17) is 15.9 Å². The summed E-state index contributed by atoms with van der Waals surface area (Å²) in [7, 11) is 0. The Morgan fingerprint density at radius 2 is 1.93 bits per heavy atom. The van der Waals surface area contributed by atoms with Crippen molar-refractivity contribution in [2.75, 3.05) is 0 Å². The predicted octanol–water partition coefficient (Wildman–Crippen LogP) is -0.101. The van der Waals surface area contributed by atoms with Gasteiger partial charge >= 0.3 is 11.9 Å². The molecule has 14 heavy (non-hydrogen) atoms. The topological polar surface area (TPSA) is 101 Å². The molecule has 78 valence electrons. The molecule has 2 fully saturated rings. The Morgan fingerprint density at radius 3 is 2.29 bits per heavy atom. The predicted molar refractivity (Wildman–Crippen MR) is 46.5 cm³/mol. The average Bonchev–Trinajstić information content (AvgIpc) is 2.58. The third-order valence-corrected chi connectivity index (χ3v) is 3.83. The molecule has 2 aliphatic rings. The number of rotatable bonds is 2. The minimum Gasteiger partial charge on any atom is -0.481 e. The van der Waals surface area contributed by atoms with Crippen LogP contribution in [0.1, 0.15) is 19.3 Å². The molecule has 4 N–H and O–H groups in total. The third kappa shape index (κ3) is 0.930. The number of nitrogens with two attached hydrogens (primary N) is 1. The first-order valence-corrected chi connectivity index (χ1v) is 4.73. The van der Waals surface area contributed by atoms with Crippen LogP contribution in [0.5, 0.6) is 0 Å². The highest BCUT2D eigenvalue weighted by molar-refractivity contribution is 5.83. The average molecular weight is 199 g/mol. The van der Waals surface area contributed by atoms with E-state index in [-0.39, 0.29) is 11.8 Å². The SMILES string of the molecule is NC1(C(=O)O)[C@@H]2CC[C@H]1[C@@H](C(=O)O)C2. The Hall–Kier alpha value is -1.10. The minimum absolute atomic E-state index is 0.161. The first-order valence-electron chi connectivity index (χ1n) is 4.73. The lowest BCUT2D eigenvalue weighted by Gasteiger charge is -2.24. The fourth-order valence-electron chi connectivity index (χ4n) is 3.09. The van der Waals surface area contributed by atoms with Crippen molar-refractivity contribution in [1.82, 2.24) is 0 Å². The zero-order valence-electron chi connectivity index (χ0n) is 7.64. The van der Waals surface area contributed by atoms with Gasteiger partial charge in [-0.2, -0.15) is 0 Å². The van der Waals surface area contributed by atoms with Crippen molar-refractivity contribution in [3.05, 3.63) is 0 Å². The van der Waals surface area contributed by atoms with Crippen LogP contribution in [0.15, 0.2) is 0 Å². The quantitative estimate of drug-likeness (QED) is 0.576. The molecule has 2 aliphatic carbocycles. The van der Waals surface area contributed by atoms with E-state index in [0.29, 0.717) is 12.8 Å². The number of carbonyl (C=O) groups is 2. The molecule has 5 heteroatoms. The van der Waals surface area contributed by atoms with Crippen molar-refractivity contribution in [3.63, 3.8) is 0 Å². The molecule has 0 aliphatic heterocycles. The summed E-state index contributed by atoms with van der Waals surface area (Å²) >= 11 is 0. The molecule has 1 unspecified atom stereocenters. The van der Waals surface area contributed by atoms with Crippen LogP contribution in [0.25, 0.3) is 0 Å². The van der Waals surface area contributed by atoms with E-state index in [1.165, 1.54) is 0 Å². The summed E-state index contributed by atoms with van der Waals surface area (Å²) in [5.74, 6) is -3.06. The second-order valence-corrected chi connectivity index (χ2v) is 4.30. The zero-order chi connectivity index (χ0) is 10.5. The van der Waals surface area contributed by atoms with Crippen molar-refractivity contribution in [2.24, 2.45) is 23.5 Å². The number of fused-ring (bicyclic) bond motifs is 2. The van der Waals surface area contributed by atoms with Crippen LogP contribution in [0.3, 0.4) is 0 Å². The molecule has 0 heterocycles. The Morgan fingerprint density at radius 1 is 1.29 bits per heavy atom. The fraction of sp³-hybridized carbons (Fsp3) is 0.778. The molecule has 0 aromatic rings. The highest BCUT2D eigenvalue weighted by atomic mass is 16.4. The second kappa shape index (κ2) is 2.70. The van der Waals surface area contributed by atoms with E-state index in [9.17, 15) is 9.59 Å². The summed E-state index contributed by atoms with van der Waals surface area (Å²) in [5, 5.41) is 17.9. The van der Waals surface area contributed by atoms with Gasteiger partial charge in [0.05, 0.1) is 5.92 Å². The Balaban J connectivity index is 2.32. The van der Waals surface area contributed by atoms with E-state index in [1.807, 2.05) is 0 Å². The van der Waals surface area contributed by atoms with Crippen LogP contribution < -0.4 is 5.73 Å². The Kier molecular flexibility index (Phi) is 1.82. The maximum atomic E-state index is 11.0. The van der Waals surface area contributed by atoms with Gasteiger partial charge in [-0.15, -0.1) is 0 Å². The van der Waals surface area contributed by atoms with Gasteiger partial charge in [-0.25, -0.2) is 0 Å². The first-order chi connectivity index (χ1) is 6.48. The maximum absolute atomic E-state index is 11.0. The standard InChI is InChI=1S/C9H13NO4/c10-9(8(13)14)4-1-2-6(9)5(3-4)7(11)12/h4-6H,1-3,10H2,(H,11,12)(H,13,14)/t4-,5+,6+,9?/m1/s1. The first kappa shape index (κ1) is 9.45. The number of hydrogen-bond acceptors (Lipinski definition) is 3. The molecular weight excluding hydrogens is 186 g/mol. The normalized spacial score (nSPS) is 45.4. The molecular formula is C9H13NO4. The van der Waals surface area contributed by atoms with E-state index >= 15 is 0 Å². The van der Waals surface area contributed by atoms with Gasteiger partial charge < -0.3 is 15.9 Å². The number of hydrogen-bond donors (Lipinski definition) is 3. The summed E-state index contributed by atoms with van der Waals surface area (Å²) < 4.78 is 0. The molecule has 0 spiro atoms. The largest absolute Gasteiger partial charge is 0.481 e. The number of carboxylic acids is 2. The van der Waals surface area contributed by atoms with E-state index in [2.05, 4.69) is 0 Å². The highest BCUT2D eigenvalue weighted by Crippen LogP contribution is 2.54. The van der Waals surface area contributed by atoms with Crippen LogP contribution in [-0.2, 0) is 9.59 Å². The second-order valence-electron chi connectivity index (χ2n) is 4.30. The molecule has 2 bridgehead atoms. The lowest BCUT2D eigenvalue weighted by molar-refractivity contribution is -0.147. The summed E-state index contributed by atoms with van der Waals surface area (Å²) in [6.07, 6.45) is 1.80. The monoisotopic (exact) mass is 199 g/mol. The Bertz CT molecular complexity index is 303. The summed E-state index contributed by atoms with van der Waals surface area (Å²) in [4.78, 5) is 21.9. The molecule has 5 nitrogen and oxygen atoms in total. The van der Waals surface area contributed by atoms with Crippen LogP contribution in [0.4, 0.5) is 0 Å². The molecule has 2 saturated carbocycles. The van der Waals surface area contributed by atoms with Gasteiger partial charge in [0.25, 0.3) is 0 Å². The van der Waals surface area contributed by atoms with Crippen LogP contribution in [0.2, 0.25) is 0 Å². The molecule has 0 saturated heterocycles. The molecule has 4 atom stereocenters. The van der Waals surface area contributed by atoms with Gasteiger partial charge in [0.2, 0.25) is 0 Å². The fourth-order valence-corrected chi connectivity index (χ4v) is 3.09. The van der Waals surface area contributed by atoms with Gasteiger partial charge in [-0.1, -0.05) is 0 Å². The van der Waals surface area contributed by atoms with Gasteiger partial charge in [-0.3, -0.25) is 9.59 Å². The van der Waals surface area contributed by atoms with Gasteiger partial charge in [0.15, 0.2) is 0 Å². The summed E-state index contributed by atoms with van der Waals surface area (Å²) in [6, 6.07) is 0. The van der Waals surface area contributed by atoms with Crippen molar-refractivity contribution >= 4 is 11.9 Å². The Labute approximate surface area is 80.9 Å². The maximum Gasteiger partial charge on any atom is 0.324 e. The van der Waals surface area contributed by atoms with E-state index in [0.717, 1.165) is 6.42 Å². The van der Waals surface area contributed by atoms with Crippen molar-refractivity contribution in [2.45, 2.75) is 24.8 Å². The van der Waals surface area contributed by atoms with Gasteiger partial charge in [0, 0.05) is 5.92 Å². The summed E-state index contributed by atoms with van der Waals surface area (Å²) in [5.41, 5.74) is 4.53. The number of carboxylic acid groups (broad SMARTS) is 2. The molecule has 2 rings (SSSR count). The summed E-state index contributed by atoms with van der Waals surface area (Å²) in [6.45, 7) is 0. The lowest BCUT2D eigenvalue weighted by Crippen LogP contribution is -2.53. The smallest absolute Gasteiger partial charge is 0.324 e. The van der Waals surface area contributed by atoms with Gasteiger partial charge in [-0.05, 0) is 25.2 Å². The molecule has 0 radical (unpaired) electrons. The van der Waals surface area contributed by atoms with E-state index in [1.54, 1.807) is 0 Å². The van der Waals surface area contributed by atoms with Crippen LogP contribution in [0, 0.1) is 17.8 Å². The number of aliphatic carboxylic acids is 2. The third-order valence-electron chi connectivity index (χ3n) is 3.83. The lowest BCUT2D eigenvalue weighted by atomic mass is 9.85. The van der Waals surface area contributed by atoms with Crippen molar-refractivity contribution in [3.8, 4) is 0 Å². The van der Waals surface area contributed by atoms with Crippen molar-refractivity contribution in [1.29, 1.82) is 0 Å². The molecule has 0 aromatic heterocycles. The highest BCUT2D eigenvalue weighted by Gasteiger charge is 2.63. The zero-order valence-corrected chi connectivity index (χ0v) is 7.64. The van der Waals surface area contributed by atoms with Crippen molar-refractivity contribution < 1.29 is 19.8 Å². The van der Waals surface area contributed by atoms with E-state index < -0.39 is 23.4 Å². The van der Waals surface area contributed by atoms with Crippen LogP contribution >= 0.6 is 0 Å². The minimum atomic E-state index is -1.29. The molecule has 0 amide bonds. The molecule has 0 aromatic carbocycles.